The van der Waals surface area contributed by atoms with Gasteiger partial charge in [0.25, 0.3) is 0 Å². The maximum atomic E-state index is 12.5. The highest BCUT2D eigenvalue weighted by Gasteiger charge is 2.28. The van der Waals surface area contributed by atoms with Crippen molar-refractivity contribution in [2.24, 2.45) is 0 Å². The van der Waals surface area contributed by atoms with E-state index >= 15 is 0 Å². The summed E-state index contributed by atoms with van der Waals surface area (Å²) in [5.41, 5.74) is 4.93. The molecule has 0 saturated heterocycles. The Hall–Kier alpha value is -2.74. The molecule has 21 heavy (non-hydrogen) atoms. The average molecular weight is 272 g/mol. The number of hydrogen-bond donors (Lipinski definition) is 0. The molecule has 2 aromatic carbocycles. The number of aromatic nitrogens is 1. The first kappa shape index (κ1) is 12.0. The Morgan fingerprint density at radius 1 is 0.714 bits per heavy atom. The van der Waals surface area contributed by atoms with Gasteiger partial charge in [-0.1, -0.05) is 54.6 Å². The molecule has 0 N–H and O–H groups in total. The fourth-order valence-electron chi connectivity index (χ4n) is 2.91. The van der Waals surface area contributed by atoms with Gasteiger partial charge in [-0.3, -0.25) is 4.79 Å². The lowest BCUT2D eigenvalue weighted by molar-refractivity contribution is -0.688. The van der Waals surface area contributed by atoms with E-state index in [-0.39, 0.29) is 5.78 Å². The van der Waals surface area contributed by atoms with Crippen molar-refractivity contribution in [2.45, 2.75) is 6.54 Å². The van der Waals surface area contributed by atoms with Gasteiger partial charge in [0.1, 0.15) is 0 Å². The lowest BCUT2D eigenvalue weighted by Gasteiger charge is -2.00. The topological polar surface area (TPSA) is 20.9 Å². The minimum Gasteiger partial charge on any atom is -0.288 e. The predicted molar refractivity (Wildman–Crippen MR) is 81.0 cm³/mol. The maximum Gasteiger partial charge on any atom is 0.200 e. The van der Waals surface area contributed by atoms with E-state index < -0.39 is 0 Å². The second-order valence-electron chi connectivity index (χ2n) is 5.30. The summed E-state index contributed by atoms with van der Waals surface area (Å²) in [6.07, 6.45) is 4.01. The largest absolute Gasteiger partial charge is 0.288 e. The van der Waals surface area contributed by atoms with Crippen molar-refractivity contribution in [2.75, 3.05) is 0 Å². The van der Waals surface area contributed by atoms with Crippen LogP contribution >= 0.6 is 0 Å². The van der Waals surface area contributed by atoms with E-state index in [0.29, 0.717) is 0 Å². The van der Waals surface area contributed by atoms with Crippen molar-refractivity contribution in [3.63, 3.8) is 0 Å². The van der Waals surface area contributed by atoms with Crippen LogP contribution in [0.1, 0.15) is 21.5 Å². The zero-order valence-electron chi connectivity index (χ0n) is 11.5. The van der Waals surface area contributed by atoms with Gasteiger partial charge < -0.3 is 0 Å². The van der Waals surface area contributed by atoms with E-state index in [1.165, 1.54) is 5.56 Å². The summed E-state index contributed by atoms with van der Waals surface area (Å²) in [5, 5.41) is 0. The fraction of sp³-hybridized carbons (Fsp3) is 0.0526. The molecule has 2 heteroatoms. The highest BCUT2D eigenvalue weighted by atomic mass is 16.1. The SMILES string of the molecule is O=C1c2ccccc2-c2cc[n+](Cc3ccccc3)cc21. The molecular weight excluding hydrogens is 258 g/mol. The number of nitrogens with zero attached hydrogens (tertiary/aromatic N) is 1. The summed E-state index contributed by atoms with van der Waals surface area (Å²) in [6.45, 7) is 0.776. The monoisotopic (exact) mass is 272 g/mol. The number of pyridine rings is 1. The first-order chi connectivity index (χ1) is 10.3. The summed E-state index contributed by atoms with van der Waals surface area (Å²) in [6, 6.07) is 20.1. The van der Waals surface area contributed by atoms with Crippen molar-refractivity contribution < 1.29 is 9.36 Å². The summed E-state index contributed by atoms with van der Waals surface area (Å²) in [5.74, 6) is 0.128. The summed E-state index contributed by atoms with van der Waals surface area (Å²) >= 11 is 0. The van der Waals surface area contributed by atoms with Gasteiger partial charge in [0.15, 0.2) is 24.7 Å². The van der Waals surface area contributed by atoms with Crippen LogP contribution in [-0.2, 0) is 6.54 Å². The third kappa shape index (κ3) is 1.96. The molecule has 4 rings (SSSR count). The second kappa shape index (κ2) is 4.67. The molecule has 0 amide bonds. The highest BCUT2D eigenvalue weighted by molar-refractivity contribution is 6.21. The van der Waals surface area contributed by atoms with Crippen molar-refractivity contribution in [1.29, 1.82) is 0 Å². The molecule has 3 aromatic rings. The lowest BCUT2D eigenvalue weighted by Crippen LogP contribution is -2.34. The molecule has 1 aliphatic rings. The Bertz CT molecular complexity index is 837. The summed E-state index contributed by atoms with van der Waals surface area (Å²) < 4.78 is 2.07. The van der Waals surface area contributed by atoms with Crippen LogP contribution in [0.25, 0.3) is 11.1 Å². The minimum atomic E-state index is 0.128. The fourth-order valence-corrected chi connectivity index (χ4v) is 2.91. The van der Waals surface area contributed by atoms with Gasteiger partial charge in [-0.05, 0) is 5.56 Å². The number of rotatable bonds is 2. The molecular formula is C19H14NO+. The van der Waals surface area contributed by atoms with Crippen LogP contribution in [0.4, 0.5) is 0 Å². The molecule has 2 nitrogen and oxygen atoms in total. The molecule has 1 aromatic heterocycles. The zero-order chi connectivity index (χ0) is 14.2. The third-order valence-electron chi connectivity index (χ3n) is 3.93. The van der Waals surface area contributed by atoms with Crippen molar-refractivity contribution in [1.82, 2.24) is 0 Å². The predicted octanol–water partition coefficient (Wildman–Crippen LogP) is 3.23. The van der Waals surface area contributed by atoms with Crippen molar-refractivity contribution in [3.8, 4) is 11.1 Å². The van der Waals surface area contributed by atoms with Gasteiger partial charge in [0, 0.05) is 22.8 Å². The normalized spacial score (nSPS) is 12.1. The van der Waals surface area contributed by atoms with Crippen LogP contribution in [-0.4, -0.2) is 5.78 Å². The number of ketones is 1. The van der Waals surface area contributed by atoms with E-state index in [1.54, 1.807) is 0 Å². The van der Waals surface area contributed by atoms with E-state index in [1.807, 2.05) is 60.9 Å². The molecule has 0 spiro atoms. The van der Waals surface area contributed by atoms with Crippen LogP contribution in [0.15, 0.2) is 73.1 Å². The Morgan fingerprint density at radius 2 is 1.38 bits per heavy atom. The molecule has 0 atom stereocenters. The Kier molecular flexibility index (Phi) is 2.68. The Balaban J connectivity index is 1.75. The minimum absolute atomic E-state index is 0.128. The van der Waals surface area contributed by atoms with Gasteiger partial charge in [-0.2, -0.15) is 4.57 Å². The van der Waals surface area contributed by atoms with E-state index in [9.17, 15) is 4.79 Å². The van der Waals surface area contributed by atoms with Gasteiger partial charge in [0.05, 0.1) is 5.56 Å². The number of fused-ring (bicyclic) bond motifs is 3. The van der Waals surface area contributed by atoms with Crippen LogP contribution in [0.3, 0.4) is 0 Å². The number of carbonyl (C=O) groups is 1. The van der Waals surface area contributed by atoms with E-state index in [4.69, 9.17) is 0 Å². The number of benzene rings is 2. The van der Waals surface area contributed by atoms with Gasteiger partial charge >= 0.3 is 0 Å². The molecule has 0 unspecified atom stereocenters. The molecule has 0 aliphatic heterocycles. The van der Waals surface area contributed by atoms with Gasteiger partial charge in [0.2, 0.25) is 0 Å². The van der Waals surface area contributed by atoms with Crippen LogP contribution in [0.2, 0.25) is 0 Å². The number of hydrogen-bond acceptors (Lipinski definition) is 1. The molecule has 100 valence electrons. The van der Waals surface area contributed by atoms with Crippen LogP contribution < -0.4 is 4.57 Å². The second-order valence-corrected chi connectivity index (χ2v) is 5.30. The zero-order valence-corrected chi connectivity index (χ0v) is 11.5. The van der Waals surface area contributed by atoms with Gasteiger partial charge in [-0.15, -0.1) is 0 Å². The lowest BCUT2D eigenvalue weighted by atomic mass is 10.1. The smallest absolute Gasteiger partial charge is 0.200 e. The molecule has 1 heterocycles. The summed E-state index contributed by atoms with van der Waals surface area (Å²) in [4.78, 5) is 12.5. The Labute approximate surface area is 123 Å². The van der Waals surface area contributed by atoms with E-state index in [2.05, 4.69) is 16.7 Å². The van der Waals surface area contributed by atoms with Crippen molar-refractivity contribution >= 4 is 5.78 Å². The maximum absolute atomic E-state index is 12.5. The average Bonchev–Trinajstić information content (AvgIpc) is 2.82. The summed E-state index contributed by atoms with van der Waals surface area (Å²) in [7, 11) is 0. The van der Waals surface area contributed by atoms with Gasteiger partial charge in [-0.25, -0.2) is 0 Å². The third-order valence-corrected chi connectivity index (χ3v) is 3.93. The van der Waals surface area contributed by atoms with E-state index in [0.717, 1.165) is 28.8 Å². The molecule has 1 aliphatic carbocycles. The Morgan fingerprint density at radius 3 is 2.19 bits per heavy atom. The molecule has 0 bridgehead atoms. The standard InChI is InChI=1S/C19H14NO/c21-19-17-9-5-4-8-15(17)16-10-11-20(13-18(16)19)12-14-6-2-1-3-7-14/h1-11,13H,12H2/q+1. The van der Waals surface area contributed by atoms with Crippen LogP contribution in [0, 0.1) is 0 Å². The first-order valence-corrected chi connectivity index (χ1v) is 7.04. The highest BCUT2D eigenvalue weighted by Crippen LogP contribution is 2.35. The molecule has 0 saturated carbocycles. The quantitative estimate of drug-likeness (QED) is 0.513. The number of carbonyl (C=O) groups excluding carboxylic acids is 1. The molecule has 0 radical (unpaired) electrons. The molecule has 0 fully saturated rings. The van der Waals surface area contributed by atoms with Crippen LogP contribution in [0.5, 0.6) is 0 Å². The van der Waals surface area contributed by atoms with Crippen molar-refractivity contribution in [3.05, 3.63) is 89.7 Å². The first-order valence-electron chi connectivity index (χ1n) is 7.04.